The predicted molar refractivity (Wildman–Crippen MR) is 310 cm³/mol. The lowest BCUT2D eigenvalue weighted by molar-refractivity contribution is 0.401. The number of rotatable bonds is 22. The second kappa shape index (κ2) is 21.2. The summed E-state index contributed by atoms with van der Waals surface area (Å²) in [6, 6.07) is 56.2. The van der Waals surface area contributed by atoms with E-state index >= 15 is 0 Å². The van der Waals surface area contributed by atoms with Gasteiger partial charge in [0.05, 0.1) is 22.1 Å². The van der Waals surface area contributed by atoms with Crippen LogP contribution in [0.4, 0.5) is 0 Å². The van der Waals surface area contributed by atoms with Crippen LogP contribution in [-0.2, 0) is 10.8 Å². The van der Waals surface area contributed by atoms with Crippen molar-refractivity contribution in [2.24, 2.45) is 0 Å². The molecule has 9 aromatic rings. The van der Waals surface area contributed by atoms with Gasteiger partial charge in [-0.3, -0.25) is 0 Å². The van der Waals surface area contributed by atoms with Gasteiger partial charge < -0.3 is 0 Å². The van der Waals surface area contributed by atoms with Gasteiger partial charge >= 0.3 is 0 Å². The minimum absolute atomic E-state index is 0.00573. The summed E-state index contributed by atoms with van der Waals surface area (Å²) in [6.07, 6.45) is 25.1. The average Bonchev–Trinajstić information content (AvgIpc) is 3.86. The second-order valence-electron chi connectivity index (χ2n) is 21.9. The maximum absolute atomic E-state index is 5.91. The molecule has 0 atom stereocenters. The molecule has 0 spiro atoms. The van der Waals surface area contributed by atoms with Crippen LogP contribution in [0.2, 0.25) is 0 Å². The van der Waals surface area contributed by atoms with E-state index in [0.717, 1.165) is 32.8 Å². The fourth-order valence-electron chi connectivity index (χ4n) is 13.8. The summed E-state index contributed by atoms with van der Waals surface area (Å²) < 4.78 is 0. The van der Waals surface area contributed by atoms with Crippen molar-refractivity contribution in [3.63, 3.8) is 0 Å². The van der Waals surface area contributed by atoms with E-state index < -0.39 is 0 Å². The van der Waals surface area contributed by atoms with E-state index in [1.165, 1.54) is 195 Å². The zero-order chi connectivity index (χ0) is 49.1. The van der Waals surface area contributed by atoms with Crippen LogP contribution in [0, 0.1) is 0 Å². The third-order valence-electron chi connectivity index (χ3n) is 17.5. The van der Waals surface area contributed by atoms with Crippen LogP contribution in [0.15, 0.2) is 146 Å². The molecule has 0 unspecified atom stereocenters. The van der Waals surface area contributed by atoms with Gasteiger partial charge in [0.15, 0.2) is 0 Å². The molecule has 0 fully saturated rings. The zero-order valence-electron chi connectivity index (χ0n) is 43.9. The Labute approximate surface area is 430 Å². The van der Waals surface area contributed by atoms with E-state index in [2.05, 4.69) is 173 Å². The first-order chi connectivity index (χ1) is 35.5. The van der Waals surface area contributed by atoms with Gasteiger partial charge in [0.25, 0.3) is 0 Å². The van der Waals surface area contributed by atoms with Crippen molar-refractivity contribution >= 4 is 43.6 Å². The molecular weight excluding hydrogens is 869 g/mol. The van der Waals surface area contributed by atoms with Crippen LogP contribution in [0.5, 0.6) is 0 Å². The summed E-state index contributed by atoms with van der Waals surface area (Å²) in [6.45, 7) is 9.34. The number of fused-ring (bicyclic) bond motifs is 13. The molecule has 0 radical (unpaired) electrons. The second-order valence-corrected chi connectivity index (χ2v) is 21.9. The highest BCUT2D eigenvalue weighted by Crippen LogP contribution is 2.57. The van der Waals surface area contributed by atoms with Crippen LogP contribution in [0.3, 0.4) is 0 Å². The molecule has 2 nitrogen and oxygen atoms in total. The smallest absolute Gasteiger partial charge is 0.0979 e. The Morgan fingerprint density at radius 1 is 0.278 bits per heavy atom. The normalized spacial score (nSPS) is 14.1. The largest absolute Gasteiger partial charge is 0.243 e. The molecule has 0 aliphatic heterocycles. The first kappa shape index (κ1) is 48.2. The van der Waals surface area contributed by atoms with Gasteiger partial charge in [0.1, 0.15) is 0 Å². The van der Waals surface area contributed by atoms with E-state index in [0.29, 0.717) is 0 Å². The Kier molecular flexibility index (Phi) is 14.1. The summed E-state index contributed by atoms with van der Waals surface area (Å²) in [5.41, 5.74) is 20.6. The van der Waals surface area contributed by atoms with E-state index in [1.54, 1.807) is 11.1 Å². The fourth-order valence-corrected chi connectivity index (χ4v) is 13.8. The van der Waals surface area contributed by atoms with Crippen LogP contribution in [0.1, 0.15) is 178 Å². The quantitative estimate of drug-likeness (QED) is 0.0384. The molecule has 2 heteroatoms. The molecule has 2 aliphatic rings. The van der Waals surface area contributed by atoms with E-state index in [1.807, 2.05) is 0 Å². The molecule has 11 rings (SSSR count). The molecule has 0 N–H and O–H groups in total. The van der Waals surface area contributed by atoms with Gasteiger partial charge in [-0.05, 0) is 104 Å². The minimum atomic E-state index is -0.00573. The molecule has 72 heavy (non-hydrogen) atoms. The van der Waals surface area contributed by atoms with Gasteiger partial charge in [-0.1, -0.05) is 264 Å². The predicted octanol–water partition coefficient (Wildman–Crippen LogP) is 20.8. The van der Waals surface area contributed by atoms with E-state index in [-0.39, 0.29) is 10.8 Å². The first-order valence-corrected chi connectivity index (χ1v) is 28.6. The van der Waals surface area contributed by atoms with Gasteiger partial charge in [0, 0.05) is 32.7 Å². The number of nitrogens with zero attached hydrogens (tertiary/aromatic N) is 2. The van der Waals surface area contributed by atoms with Gasteiger partial charge in [-0.2, -0.15) is 0 Å². The molecule has 0 amide bonds. The topological polar surface area (TPSA) is 25.8 Å². The van der Waals surface area contributed by atoms with Crippen LogP contribution >= 0.6 is 0 Å². The van der Waals surface area contributed by atoms with Crippen molar-refractivity contribution in [1.82, 2.24) is 9.97 Å². The molecular formula is C70H76N2. The molecule has 0 saturated carbocycles. The van der Waals surface area contributed by atoms with Crippen LogP contribution in [-0.4, -0.2) is 9.97 Å². The van der Waals surface area contributed by atoms with Crippen molar-refractivity contribution < 1.29 is 0 Å². The number of aromatic nitrogens is 2. The lowest BCUT2D eigenvalue weighted by Gasteiger charge is -2.33. The van der Waals surface area contributed by atoms with Gasteiger partial charge in [-0.25, -0.2) is 9.97 Å². The third kappa shape index (κ3) is 8.45. The maximum Gasteiger partial charge on any atom is 0.0979 e. The Bertz CT molecular complexity index is 3140. The summed E-state index contributed by atoms with van der Waals surface area (Å²) in [5.74, 6) is 0. The Hall–Kier alpha value is -6.12. The molecule has 1 heterocycles. The SMILES string of the molecule is CCCCCCC1(CCCCCC)c2ccccc2-c2ccc(-c3ccc(-c4ccc5c(c4)C(CCCCCC)(CCCCCC)c4ccccc4-5)c4nc5c6ccccc6c6ccccc6c5nc34)cc21. The molecule has 366 valence electrons. The van der Waals surface area contributed by atoms with Crippen LogP contribution in [0.25, 0.3) is 88.1 Å². The maximum atomic E-state index is 5.91. The van der Waals surface area contributed by atoms with Crippen molar-refractivity contribution in [3.8, 4) is 44.5 Å². The lowest BCUT2D eigenvalue weighted by Crippen LogP contribution is -2.25. The lowest BCUT2D eigenvalue weighted by atomic mass is 9.70. The highest BCUT2D eigenvalue weighted by molar-refractivity contribution is 6.24. The highest BCUT2D eigenvalue weighted by atomic mass is 14.8. The Morgan fingerprint density at radius 3 is 0.972 bits per heavy atom. The van der Waals surface area contributed by atoms with Crippen molar-refractivity contribution in [2.45, 2.75) is 167 Å². The molecule has 2 aliphatic carbocycles. The zero-order valence-corrected chi connectivity index (χ0v) is 43.9. The Balaban J connectivity index is 1.13. The summed E-state index contributed by atoms with van der Waals surface area (Å²) >= 11 is 0. The number of hydrogen-bond donors (Lipinski definition) is 0. The van der Waals surface area contributed by atoms with Crippen molar-refractivity contribution in [3.05, 3.63) is 168 Å². The standard InChI is InChI=1S/C70H76N2/c1-5-9-13-25-43-69(44-26-14-10-6-2)61-35-23-21-31-55(61)57-39-37-49(47-63(57)69)51-41-42-52(66-65(51)71-67-59-33-19-17-29-53(59)54-30-18-20-34-60(54)68(67)72-66)50-38-40-58-56-32-22-24-36-62(56)70(64(58)48-50,45-27-15-11-7-3)46-28-16-12-8-4/h17-24,29-42,47-48H,5-16,25-28,43-46H2,1-4H3. The summed E-state index contributed by atoms with van der Waals surface area (Å²) in [4.78, 5) is 11.8. The van der Waals surface area contributed by atoms with E-state index in [9.17, 15) is 0 Å². The molecule has 0 bridgehead atoms. The van der Waals surface area contributed by atoms with Gasteiger partial charge in [-0.15, -0.1) is 0 Å². The monoisotopic (exact) mass is 945 g/mol. The minimum Gasteiger partial charge on any atom is -0.243 e. The van der Waals surface area contributed by atoms with E-state index in [4.69, 9.17) is 9.97 Å². The third-order valence-corrected chi connectivity index (χ3v) is 17.5. The molecule has 1 aromatic heterocycles. The summed E-state index contributed by atoms with van der Waals surface area (Å²) in [5, 5.41) is 4.77. The highest BCUT2D eigenvalue weighted by Gasteiger charge is 2.44. The van der Waals surface area contributed by atoms with Crippen molar-refractivity contribution in [1.29, 1.82) is 0 Å². The summed E-state index contributed by atoms with van der Waals surface area (Å²) in [7, 11) is 0. The molecule has 8 aromatic carbocycles. The van der Waals surface area contributed by atoms with Crippen molar-refractivity contribution in [2.75, 3.05) is 0 Å². The fraction of sp³-hybridized carbons (Fsp3) is 0.371. The number of unbranched alkanes of at least 4 members (excludes halogenated alkanes) is 12. The average molecular weight is 945 g/mol. The van der Waals surface area contributed by atoms with Crippen LogP contribution < -0.4 is 0 Å². The molecule has 0 saturated heterocycles. The van der Waals surface area contributed by atoms with Gasteiger partial charge in [0.2, 0.25) is 0 Å². The number of benzene rings is 8. The Morgan fingerprint density at radius 2 is 0.597 bits per heavy atom. The first-order valence-electron chi connectivity index (χ1n) is 28.6. The number of hydrogen-bond acceptors (Lipinski definition) is 2.